The van der Waals surface area contributed by atoms with Crippen LogP contribution in [-0.2, 0) is 0 Å². The van der Waals surface area contributed by atoms with E-state index in [4.69, 9.17) is 0 Å². The monoisotopic (exact) mass is 191 g/mol. The maximum Gasteiger partial charge on any atom is 0.305 e. The summed E-state index contributed by atoms with van der Waals surface area (Å²) in [5.74, 6) is 0. The zero-order valence-electron chi connectivity index (χ0n) is 7.20. The quantitative estimate of drug-likeness (QED) is 0.737. The number of hydrogen-bond donors (Lipinski definition) is 1. The van der Waals surface area contributed by atoms with Crippen molar-refractivity contribution in [1.29, 1.82) is 0 Å². The second kappa shape index (κ2) is 3.18. The van der Waals surface area contributed by atoms with Crippen molar-refractivity contribution in [2.45, 2.75) is 6.92 Å². The molecule has 66 valence electrons. The summed E-state index contributed by atoms with van der Waals surface area (Å²) in [6.45, 7) is 1.92. The first kappa shape index (κ1) is 8.26. The molecule has 0 bridgehead atoms. The van der Waals surface area contributed by atoms with Gasteiger partial charge in [0.05, 0.1) is 4.88 Å². The molecule has 2 nitrogen and oxygen atoms in total. The van der Waals surface area contributed by atoms with Crippen LogP contribution in [0.5, 0.6) is 0 Å². The molecular weight excluding hydrogens is 182 g/mol. The van der Waals surface area contributed by atoms with Crippen molar-refractivity contribution in [3.8, 4) is 10.4 Å². The summed E-state index contributed by atoms with van der Waals surface area (Å²) in [6, 6.07) is 9.92. The molecule has 0 aliphatic carbocycles. The van der Waals surface area contributed by atoms with Crippen molar-refractivity contribution in [3.05, 3.63) is 45.7 Å². The van der Waals surface area contributed by atoms with Crippen molar-refractivity contribution in [2.24, 2.45) is 0 Å². The molecule has 0 unspecified atom stereocenters. The second-order valence-corrected chi connectivity index (χ2v) is 3.82. The van der Waals surface area contributed by atoms with Crippen LogP contribution in [0.25, 0.3) is 10.4 Å². The molecule has 2 rings (SSSR count). The van der Waals surface area contributed by atoms with Gasteiger partial charge in [-0.05, 0) is 12.5 Å². The van der Waals surface area contributed by atoms with Crippen LogP contribution in [0.4, 0.5) is 0 Å². The molecule has 0 amide bonds. The van der Waals surface area contributed by atoms with Gasteiger partial charge in [-0.3, -0.25) is 4.79 Å². The Morgan fingerprint density at radius 1 is 1.23 bits per heavy atom. The third kappa shape index (κ3) is 1.55. The highest BCUT2D eigenvalue weighted by Gasteiger charge is 2.04. The fourth-order valence-electron chi connectivity index (χ4n) is 1.27. The molecule has 3 heteroatoms. The van der Waals surface area contributed by atoms with Crippen LogP contribution in [0.2, 0.25) is 0 Å². The fraction of sp³-hybridized carbons (Fsp3) is 0.100. The molecule has 13 heavy (non-hydrogen) atoms. The van der Waals surface area contributed by atoms with Gasteiger partial charge in [-0.25, -0.2) is 0 Å². The van der Waals surface area contributed by atoms with Crippen LogP contribution in [0.3, 0.4) is 0 Å². The Bertz CT molecular complexity index is 455. The van der Waals surface area contributed by atoms with E-state index in [0.29, 0.717) is 0 Å². The topological polar surface area (TPSA) is 32.9 Å². The lowest BCUT2D eigenvalue weighted by atomic mass is 10.2. The molecule has 1 N–H and O–H groups in total. The van der Waals surface area contributed by atoms with Gasteiger partial charge in [-0.1, -0.05) is 41.7 Å². The van der Waals surface area contributed by atoms with E-state index >= 15 is 0 Å². The van der Waals surface area contributed by atoms with Crippen molar-refractivity contribution in [2.75, 3.05) is 0 Å². The molecule has 0 fully saturated rings. The first-order valence-corrected chi connectivity index (χ1v) is 4.84. The van der Waals surface area contributed by atoms with Crippen molar-refractivity contribution in [1.82, 2.24) is 4.98 Å². The van der Waals surface area contributed by atoms with Gasteiger partial charge >= 0.3 is 4.87 Å². The van der Waals surface area contributed by atoms with Gasteiger partial charge in [0, 0.05) is 5.69 Å². The minimum atomic E-state index is 0.0105. The average Bonchev–Trinajstić information content (AvgIpc) is 2.47. The predicted octanol–water partition coefficient (Wildman–Crippen LogP) is 2.41. The number of aromatic amines is 1. The van der Waals surface area contributed by atoms with E-state index in [2.05, 4.69) is 4.98 Å². The predicted molar refractivity (Wildman–Crippen MR) is 55.1 cm³/mol. The number of nitrogens with one attached hydrogen (secondary N) is 1. The Balaban J connectivity index is 2.59. The lowest BCUT2D eigenvalue weighted by Gasteiger charge is -1.96. The number of hydrogen-bond acceptors (Lipinski definition) is 2. The van der Waals surface area contributed by atoms with Crippen LogP contribution < -0.4 is 4.87 Å². The molecule has 0 radical (unpaired) electrons. The first-order valence-electron chi connectivity index (χ1n) is 4.02. The van der Waals surface area contributed by atoms with E-state index in [0.717, 1.165) is 16.1 Å². The highest BCUT2D eigenvalue weighted by Crippen LogP contribution is 2.23. The normalized spacial score (nSPS) is 10.2. The minimum Gasteiger partial charge on any atom is -0.316 e. The number of H-pyrrole nitrogens is 1. The molecule has 0 saturated carbocycles. The molecule has 1 aromatic carbocycles. The lowest BCUT2D eigenvalue weighted by Crippen LogP contribution is -1.90. The standard InChI is InChI=1S/C10H9NOS/c1-7-9(13-10(12)11-7)8-5-3-2-4-6-8/h2-6H,1H3,(H,11,12). The molecule has 2 aromatic rings. The van der Waals surface area contributed by atoms with Gasteiger partial charge < -0.3 is 4.98 Å². The lowest BCUT2D eigenvalue weighted by molar-refractivity contribution is 1.22. The molecular formula is C10H9NOS. The summed E-state index contributed by atoms with van der Waals surface area (Å²) < 4.78 is 0. The number of aryl methyl sites for hydroxylation is 1. The summed E-state index contributed by atoms with van der Waals surface area (Å²) in [4.78, 5) is 14.9. The number of rotatable bonds is 1. The smallest absolute Gasteiger partial charge is 0.305 e. The van der Waals surface area contributed by atoms with E-state index in [9.17, 15) is 4.79 Å². The van der Waals surface area contributed by atoms with E-state index in [1.807, 2.05) is 37.3 Å². The molecule has 0 atom stereocenters. The van der Waals surface area contributed by atoms with Gasteiger partial charge in [-0.2, -0.15) is 0 Å². The van der Waals surface area contributed by atoms with Crippen LogP contribution in [0.15, 0.2) is 35.1 Å². The van der Waals surface area contributed by atoms with Gasteiger partial charge in [0.2, 0.25) is 0 Å². The zero-order valence-corrected chi connectivity index (χ0v) is 8.02. The second-order valence-electron chi connectivity index (χ2n) is 2.83. The number of aromatic nitrogens is 1. The van der Waals surface area contributed by atoms with Crippen molar-refractivity contribution in [3.63, 3.8) is 0 Å². The van der Waals surface area contributed by atoms with Crippen LogP contribution in [-0.4, -0.2) is 4.98 Å². The Morgan fingerprint density at radius 3 is 2.46 bits per heavy atom. The van der Waals surface area contributed by atoms with Crippen LogP contribution in [0.1, 0.15) is 5.69 Å². The number of thiazole rings is 1. The van der Waals surface area contributed by atoms with E-state index in [-0.39, 0.29) is 4.87 Å². The highest BCUT2D eigenvalue weighted by atomic mass is 32.1. The average molecular weight is 191 g/mol. The maximum absolute atomic E-state index is 11.0. The Morgan fingerprint density at radius 2 is 1.92 bits per heavy atom. The maximum atomic E-state index is 11.0. The van der Waals surface area contributed by atoms with Gasteiger partial charge in [-0.15, -0.1) is 0 Å². The zero-order chi connectivity index (χ0) is 9.26. The molecule has 0 aliphatic heterocycles. The Kier molecular flexibility index (Phi) is 2.02. The van der Waals surface area contributed by atoms with Gasteiger partial charge in [0.1, 0.15) is 0 Å². The van der Waals surface area contributed by atoms with Crippen molar-refractivity contribution >= 4 is 11.3 Å². The minimum absolute atomic E-state index is 0.0105. The third-order valence-electron chi connectivity index (χ3n) is 1.86. The SMILES string of the molecule is Cc1[nH]c(=O)sc1-c1ccccc1. The summed E-state index contributed by atoms with van der Waals surface area (Å²) in [5.41, 5.74) is 2.05. The van der Waals surface area contributed by atoms with Gasteiger partial charge in [0.15, 0.2) is 0 Å². The summed E-state index contributed by atoms with van der Waals surface area (Å²) in [7, 11) is 0. The Labute approximate surface area is 79.9 Å². The molecule has 0 saturated heterocycles. The molecule has 0 aliphatic rings. The van der Waals surface area contributed by atoms with Crippen molar-refractivity contribution < 1.29 is 0 Å². The highest BCUT2D eigenvalue weighted by molar-refractivity contribution is 7.13. The molecule has 1 aromatic heterocycles. The summed E-state index contributed by atoms with van der Waals surface area (Å²) in [6.07, 6.45) is 0. The molecule has 0 spiro atoms. The van der Waals surface area contributed by atoms with Crippen LogP contribution in [0, 0.1) is 6.92 Å². The van der Waals surface area contributed by atoms with E-state index < -0.39 is 0 Å². The first-order chi connectivity index (χ1) is 6.27. The van der Waals surface area contributed by atoms with Gasteiger partial charge in [0.25, 0.3) is 0 Å². The van der Waals surface area contributed by atoms with E-state index in [1.165, 1.54) is 11.3 Å². The molecule has 1 heterocycles. The fourth-order valence-corrected chi connectivity index (χ4v) is 2.12. The summed E-state index contributed by atoms with van der Waals surface area (Å²) in [5, 5.41) is 0. The largest absolute Gasteiger partial charge is 0.316 e. The Hall–Kier alpha value is -1.35. The summed E-state index contributed by atoms with van der Waals surface area (Å²) >= 11 is 1.26. The van der Waals surface area contributed by atoms with E-state index in [1.54, 1.807) is 0 Å². The number of benzene rings is 1. The van der Waals surface area contributed by atoms with Crippen LogP contribution >= 0.6 is 11.3 Å². The third-order valence-corrected chi connectivity index (χ3v) is 2.89.